The van der Waals surface area contributed by atoms with Crippen LogP contribution in [0.1, 0.15) is 28.4 Å². The molecule has 0 spiro atoms. The maximum atomic E-state index is 13.5. The summed E-state index contributed by atoms with van der Waals surface area (Å²) in [5.74, 6) is -1.44. The minimum atomic E-state index is -0.802. The molecule has 2 heterocycles. The lowest BCUT2D eigenvalue weighted by atomic mass is 10.3. The summed E-state index contributed by atoms with van der Waals surface area (Å²) in [5.41, 5.74) is 0.912. The first-order valence-corrected chi connectivity index (χ1v) is 9.36. The van der Waals surface area contributed by atoms with Crippen LogP contribution in [-0.2, 0) is 13.2 Å². The first-order valence-electron chi connectivity index (χ1n) is 8.56. The van der Waals surface area contributed by atoms with Crippen molar-refractivity contribution in [3.8, 4) is 5.75 Å². The number of furan rings is 1. The molecule has 0 aliphatic heterocycles. The summed E-state index contributed by atoms with van der Waals surface area (Å²) in [7, 11) is 0. The molecule has 1 amide bonds. The molecule has 0 radical (unpaired) electrons. The monoisotopic (exact) mass is 453 g/mol. The number of aryl methyl sites for hydroxylation is 2. The Morgan fingerprint density at radius 2 is 2.14 bits per heavy atom. The zero-order valence-electron chi connectivity index (χ0n) is 15.0. The number of carbonyl (C=O) groups excluding carboxylic acids is 1. The predicted molar refractivity (Wildman–Crippen MR) is 101 cm³/mol. The number of amides is 1. The van der Waals surface area contributed by atoms with Crippen LogP contribution in [0.15, 0.2) is 45.4 Å². The second-order valence-electron chi connectivity index (χ2n) is 6.06. The van der Waals surface area contributed by atoms with Gasteiger partial charge in [0.2, 0.25) is 0 Å². The quantitative estimate of drug-likeness (QED) is 0.518. The van der Waals surface area contributed by atoms with Gasteiger partial charge in [0, 0.05) is 25.4 Å². The van der Waals surface area contributed by atoms with Gasteiger partial charge in [-0.3, -0.25) is 9.48 Å². The summed E-state index contributed by atoms with van der Waals surface area (Å²) >= 11 is 3.40. The number of nitrogens with one attached hydrogen (secondary N) is 1. The maximum Gasteiger partial charge on any atom is 0.286 e. The zero-order valence-corrected chi connectivity index (χ0v) is 16.6. The molecule has 0 saturated carbocycles. The lowest BCUT2D eigenvalue weighted by molar-refractivity contribution is 0.0920. The molecule has 3 rings (SSSR count). The summed E-state index contributed by atoms with van der Waals surface area (Å²) < 4.78 is 39.8. The normalized spacial score (nSPS) is 10.9. The standard InChI is InChI=1S/C19H18BrF2N3O3/c1-12-15(20)10-25(24-12)8-2-7-23-19(26)18-6-4-14(28-18)11-27-17-5-3-13(21)9-16(17)22/h3-6,9-10H,2,7-8,11H2,1H3,(H,23,26). The van der Waals surface area contributed by atoms with Crippen molar-refractivity contribution in [2.75, 3.05) is 6.54 Å². The van der Waals surface area contributed by atoms with Crippen molar-refractivity contribution in [2.45, 2.75) is 26.5 Å². The van der Waals surface area contributed by atoms with E-state index >= 15 is 0 Å². The van der Waals surface area contributed by atoms with Crippen molar-refractivity contribution in [2.24, 2.45) is 0 Å². The van der Waals surface area contributed by atoms with E-state index in [2.05, 4.69) is 26.3 Å². The Kier molecular flexibility index (Phi) is 6.45. The number of rotatable bonds is 8. The Bertz CT molecular complexity index is 952. The molecule has 3 aromatic rings. The lowest BCUT2D eigenvalue weighted by Gasteiger charge is -2.05. The van der Waals surface area contributed by atoms with Gasteiger partial charge in [-0.25, -0.2) is 8.78 Å². The molecule has 28 heavy (non-hydrogen) atoms. The maximum absolute atomic E-state index is 13.5. The van der Waals surface area contributed by atoms with E-state index in [4.69, 9.17) is 9.15 Å². The number of halogens is 3. The highest BCUT2D eigenvalue weighted by molar-refractivity contribution is 9.10. The molecule has 0 unspecified atom stereocenters. The highest BCUT2D eigenvalue weighted by atomic mass is 79.9. The van der Waals surface area contributed by atoms with Gasteiger partial charge in [-0.2, -0.15) is 5.10 Å². The number of aromatic nitrogens is 2. The van der Waals surface area contributed by atoms with E-state index in [1.807, 2.05) is 17.8 Å². The highest BCUT2D eigenvalue weighted by Crippen LogP contribution is 2.19. The molecular weight excluding hydrogens is 436 g/mol. The molecule has 0 fully saturated rings. The Hall–Kier alpha value is -2.68. The Morgan fingerprint density at radius 1 is 1.32 bits per heavy atom. The van der Waals surface area contributed by atoms with Crippen LogP contribution in [0.4, 0.5) is 8.78 Å². The lowest BCUT2D eigenvalue weighted by Crippen LogP contribution is -2.24. The molecule has 0 aliphatic rings. The van der Waals surface area contributed by atoms with Gasteiger partial charge in [0.05, 0.1) is 10.2 Å². The van der Waals surface area contributed by atoms with E-state index in [9.17, 15) is 13.6 Å². The van der Waals surface area contributed by atoms with Gasteiger partial charge >= 0.3 is 0 Å². The molecule has 148 valence electrons. The molecule has 2 aromatic heterocycles. The molecule has 1 aromatic carbocycles. The van der Waals surface area contributed by atoms with Gasteiger partial charge in [-0.15, -0.1) is 0 Å². The van der Waals surface area contributed by atoms with Crippen molar-refractivity contribution in [3.63, 3.8) is 0 Å². The van der Waals surface area contributed by atoms with Crippen LogP contribution < -0.4 is 10.1 Å². The van der Waals surface area contributed by atoms with Gasteiger partial charge in [-0.05, 0) is 53.5 Å². The van der Waals surface area contributed by atoms with Crippen LogP contribution in [0.25, 0.3) is 0 Å². The van der Waals surface area contributed by atoms with Gasteiger partial charge in [0.25, 0.3) is 5.91 Å². The SMILES string of the molecule is Cc1nn(CCCNC(=O)c2ccc(COc3ccc(F)cc3F)o2)cc1Br. The van der Waals surface area contributed by atoms with Gasteiger partial charge in [-0.1, -0.05) is 0 Å². The molecule has 0 atom stereocenters. The number of carbonyl (C=O) groups is 1. The Morgan fingerprint density at radius 3 is 2.86 bits per heavy atom. The number of benzene rings is 1. The first kappa shape index (κ1) is 20.1. The molecule has 6 nitrogen and oxygen atoms in total. The fourth-order valence-electron chi connectivity index (χ4n) is 2.46. The second-order valence-corrected chi connectivity index (χ2v) is 6.92. The van der Waals surface area contributed by atoms with Crippen molar-refractivity contribution in [3.05, 3.63) is 69.9 Å². The topological polar surface area (TPSA) is 69.3 Å². The molecular formula is C19H18BrF2N3O3. The van der Waals surface area contributed by atoms with Crippen molar-refractivity contribution in [1.82, 2.24) is 15.1 Å². The van der Waals surface area contributed by atoms with E-state index in [0.717, 1.165) is 22.3 Å². The number of hydrogen-bond acceptors (Lipinski definition) is 4. The molecule has 0 saturated heterocycles. The minimum absolute atomic E-state index is 0.0800. The van der Waals surface area contributed by atoms with E-state index in [1.54, 1.807) is 6.07 Å². The summed E-state index contributed by atoms with van der Waals surface area (Å²) in [6, 6.07) is 6.12. The summed E-state index contributed by atoms with van der Waals surface area (Å²) in [5, 5.41) is 7.09. The van der Waals surface area contributed by atoms with Crippen LogP contribution in [0, 0.1) is 18.6 Å². The van der Waals surface area contributed by atoms with E-state index in [0.29, 0.717) is 25.3 Å². The third-order valence-electron chi connectivity index (χ3n) is 3.89. The number of nitrogens with zero attached hydrogens (tertiary/aromatic N) is 2. The minimum Gasteiger partial charge on any atom is -0.483 e. The van der Waals surface area contributed by atoms with Crippen LogP contribution >= 0.6 is 15.9 Å². The van der Waals surface area contributed by atoms with Crippen LogP contribution in [0.5, 0.6) is 5.75 Å². The largest absolute Gasteiger partial charge is 0.483 e. The fraction of sp³-hybridized carbons (Fsp3) is 0.263. The van der Waals surface area contributed by atoms with Gasteiger partial charge < -0.3 is 14.5 Å². The van der Waals surface area contributed by atoms with E-state index in [1.165, 1.54) is 12.1 Å². The highest BCUT2D eigenvalue weighted by Gasteiger charge is 2.12. The van der Waals surface area contributed by atoms with Gasteiger partial charge in [0.15, 0.2) is 17.3 Å². The van der Waals surface area contributed by atoms with Crippen LogP contribution in [0.3, 0.4) is 0 Å². The third kappa shape index (κ3) is 5.19. The van der Waals surface area contributed by atoms with E-state index < -0.39 is 11.6 Å². The van der Waals surface area contributed by atoms with Crippen LogP contribution in [-0.4, -0.2) is 22.2 Å². The molecule has 0 bridgehead atoms. The van der Waals surface area contributed by atoms with Crippen molar-refractivity contribution < 1.29 is 22.7 Å². The fourth-order valence-corrected chi connectivity index (χ4v) is 2.77. The van der Waals surface area contributed by atoms with Crippen LogP contribution in [0.2, 0.25) is 0 Å². The van der Waals surface area contributed by atoms with Gasteiger partial charge in [0.1, 0.15) is 18.2 Å². The third-order valence-corrected chi connectivity index (χ3v) is 4.66. The Labute approximate surface area is 168 Å². The average molecular weight is 454 g/mol. The molecule has 9 heteroatoms. The number of hydrogen-bond donors (Lipinski definition) is 1. The summed E-state index contributed by atoms with van der Waals surface area (Å²) in [4.78, 5) is 12.1. The zero-order chi connectivity index (χ0) is 20.1. The summed E-state index contributed by atoms with van der Waals surface area (Å²) in [6.45, 7) is 2.96. The van der Waals surface area contributed by atoms with Crippen molar-refractivity contribution >= 4 is 21.8 Å². The molecule has 0 aliphatic carbocycles. The predicted octanol–water partition coefficient (Wildman–Crippen LogP) is 4.22. The van der Waals surface area contributed by atoms with E-state index in [-0.39, 0.29) is 24.0 Å². The number of ether oxygens (including phenoxy) is 1. The smallest absolute Gasteiger partial charge is 0.286 e. The average Bonchev–Trinajstić information content (AvgIpc) is 3.25. The molecule has 1 N–H and O–H groups in total. The van der Waals surface area contributed by atoms with Crippen molar-refractivity contribution in [1.29, 1.82) is 0 Å². The first-order chi connectivity index (χ1) is 13.4. The Balaban J connectivity index is 1.44. The summed E-state index contributed by atoms with van der Waals surface area (Å²) in [6.07, 6.45) is 2.60. The second kappa shape index (κ2) is 9.01.